The number of nitrogens with one attached hydrogen (secondary N) is 1. The van der Waals surface area contributed by atoms with Crippen molar-refractivity contribution in [2.75, 3.05) is 13.2 Å². The summed E-state index contributed by atoms with van der Waals surface area (Å²) < 4.78 is 32.7. The molecular weight excluding hydrogens is 362 g/mol. The highest BCUT2D eigenvalue weighted by Crippen LogP contribution is 2.23. The van der Waals surface area contributed by atoms with E-state index in [2.05, 4.69) is 20.7 Å². The van der Waals surface area contributed by atoms with E-state index < -0.39 is 16.0 Å². The van der Waals surface area contributed by atoms with Crippen LogP contribution in [0.15, 0.2) is 27.6 Å². The molecule has 0 aliphatic carbocycles. The molecule has 0 aromatic heterocycles. The predicted octanol–water partition coefficient (Wildman–Crippen LogP) is 1.99. The largest absolute Gasteiger partial charge is 0.478 e. The Morgan fingerprint density at radius 2 is 2.24 bits per heavy atom. The van der Waals surface area contributed by atoms with Crippen LogP contribution in [0.4, 0.5) is 0 Å². The molecule has 0 radical (unpaired) electrons. The van der Waals surface area contributed by atoms with Crippen LogP contribution in [0.3, 0.4) is 0 Å². The zero-order valence-corrected chi connectivity index (χ0v) is 13.6. The molecule has 21 heavy (non-hydrogen) atoms. The Bertz CT molecular complexity index is 625. The van der Waals surface area contributed by atoms with E-state index in [1.54, 1.807) is 0 Å². The van der Waals surface area contributed by atoms with Gasteiger partial charge in [-0.25, -0.2) is 17.9 Å². The molecule has 116 valence electrons. The molecule has 1 saturated heterocycles. The molecule has 6 nitrogen and oxygen atoms in total. The van der Waals surface area contributed by atoms with Gasteiger partial charge in [0.1, 0.15) is 0 Å². The first-order valence-corrected chi connectivity index (χ1v) is 8.82. The third kappa shape index (κ3) is 4.26. The van der Waals surface area contributed by atoms with Gasteiger partial charge in [-0.3, -0.25) is 0 Å². The van der Waals surface area contributed by atoms with Gasteiger partial charge in [0.05, 0.1) is 16.6 Å². The number of aromatic carboxylic acids is 1. The van der Waals surface area contributed by atoms with E-state index >= 15 is 0 Å². The van der Waals surface area contributed by atoms with Crippen molar-refractivity contribution in [3.8, 4) is 0 Å². The molecule has 1 fully saturated rings. The van der Waals surface area contributed by atoms with Crippen molar-refractivity contribution in [1.82, 2.24) is 4.72 Å². The molecule has 2 N–H and O–H groups in total. The number of carboxylic acid groups (broad SMARTS) is 1. The topological polar surface area (TPSA) is 92.7 Å². The summed E-state index contributed by atoms with van der Waals surface area (Å²) in [4.78, 5) is 10.9. The lowest BCUT2D eigenvalue weighted by Gasteiger charge is -2.12. The summed E-state index contributed by atoms with van der Waals surface area (Å²) in [6.45, 7) is 0.986. The maximum absolute atomic E-state index is 12.2. The van der Waals surface area contributed by atoms with Gasteiger partial charge in [-0.2, -0.15) is 0 Å². The fourth-order valence-corrected chi connectivity index (χ4v) is 4.18. The van der Waals surface area contributed by atoms with Crippen LogP contribution in [0.2, 0.25) is 0 Å². The Labute approximate surface area is 131 Å². The molecule has 0 amide bonds. The molecule has 0 bridgehead atoms. The predicted molar refractivity (Wildman–Crippen MR) is 79.9 cm³/mol. The first kappa shape index (κ1) is 16.4. The highest BCUT2D eigenvalue weighted by Gasteiger charge is 2.21. The Morgan fingerprint density at radius 3 is 2.86 bits per heavy atom. The molecular formula is C13H16BrNO5S. The molecule has 1 aliphatic rings. The van der Waals surface area contributed by atoms with Crippen LogP contribution in [-0.4, -0.2) is 38.7 Å². The third-order valence-corrected chi connectivity index (χ3v) is 5.70. The van der Waals surface area contributed by atoms with Crippen LogP contribution >= 0.6 is 15.9 Å². The second-order valence-corrected chi connectivity index (χ2v) is 7.36. The van der Waals surface area contributed by atoms with Gasteiger partial charge in [0.15, 0.2) is 0 Å². The van der Waals surface area contributed by atoms with Gasteiger partial charge < -0.3 is 9.84 Å². The monoisotopic (exact) mass is 377 g/mol. The number of hydrogen-bond acceptors (Lipinski definition) is 4. The zero-order valence-electron chi connectivity index (χ0n) is 11.2. The van der Waals surface area contributed by atoms with Crippen molar-refractivity contribution >= 4 is 31.9 Å². The van der Waals surface area contributed by atoms with Gasteiger partial charge in [0, 0.05) is 17.6 Å². The van der Waals surface area contributed by atoms with Crippen molar-refractivity contribution in [2.45, 2.75) is 30.3 Å². The van der Waals surface area contributed by atoms with Crippen LogP contribution in [-0.2, 0) is 14.8 Å². The summed E-state index contributed by atoms with van der Waals surface area (Å²) in [5.41, 5.74) is -0.0716. The van der Waals surface area contributed by atoms with E-state index in [0.717, 1.165) is 25.5 Å². The van der Waals surface area contributed by atoms with E-state index in [0.29, 0.717) is 10.9 Å². The maximum Gasteiger partial charge on any atom is 0.335 e. The van der Waals surface area contributed by atoms with Crippen LogP contribution in [0.5, 0.6) is 0 Å². The number of carboxylic acids is 1. The smallest absolute Gasteiger partial charge is 0.335 e. The number of ether oxygens (including phenoxy) is 1. The Kier molecular flexibility index (Phi) is 5.37. The molecule has 1 aromatic rings. The van der Waals surface area contributed by atoms with Crippen molar-refractivity contribution < 1.29 is 23.1 Å². The number of rotatable bonds is 6. The van der Waals surface area contributed by atoms with Gasteiger partial charge in [-0.1, -0.05) is 0 Å². The van der Waals surface area contributed by atoms with Gasteiger partial charge in [0.2, 0.25) is 10.0 Å². The van der Waals surface area contributed by atoms with Gasteiger partial charge in [-0.05, 0) is 53.4 Å². The van der Waals surface area contributed by atoms with Crippen LogP contribution < -0.4 is 4.72 Å². The lowest BCUT2D eigenvalue weighted by Crippen LogP contribution is -2.27. The first-order chi connectivity index (χ1) is 9.90. The SMILES string of the molecule is O=C(O)c1ccc(Br)c(S(=O)(=O)NCCC2CCCO2)c1. The van der Waals surface area contributed by atoms with E-state index in [4.69, 9.17) is 9.84 Å². The molecule has 1 aliphatic heterocycles. The summed E-state index contributed by atoms with van der Waals surface area (Å²) in [5, 5.41) is 8.94. The molecule has 1 heterocycles. The van der Waals surface area contributed by atoms with Crippen LogP contribution in [0.1, 0.15) is 29.6 Å². The van der Waals surface area contributed by atoms with E-state index in [1.165, 1.54) is 12.1 Å². The lowest BCUT2D eigenvalue weighted by atomic mass is 10.2. The highest BCUT2D eigenvalue weighted by molar-refractivity contribution is 9.10. The fourth-order valence-electron chi connectivity index (χ4n) is 2.15. The Hall–Kier alpha value is -0.960. The Balaban J connectivity index is 2.07. The number of carbonyl (C=O) groups is 1. The van der Waals surface area contributed by atoms with Crippen LogP contribution in [0.25, 0.3) is 0 Å². The van der Waals surface area contributed by atoms with Crippen molar-refractivity contribution in [3.63, 3.8) is 0 Å². The number of sulfonamides is 1. The average Bonchev–Trinajstić information content (AvgIpc) is 2.91. The summed E-state index contributed by atoms with van der Waals surface area (Å²) in [5.74, 6) is -1.17. The lowest BCUT2D eigenvalue weighted by molar-refractivity contribution is 0.0696. The average molecular weight is 378 g/mol. The van der Waals surface area contributed by atoms with Crippen LogP contribution in [0, 0.1) is 0 Å². The highest BCUT2D eigenvalue weighted by atomic mass is 79.9. The molecule has 1 aromatic carbocycles. The number of halogens is 1. The minimum Gasteiger partial charge on any atom is -0.478 e. The molecule has 1 atom stereocenters. The second-order valence-electron chi connectivity index (χ2n) is 4.77. The summed E-state index contributed by atoms with van der Waals surface area (Å²) in [6, 6.07) is 3.90. The molecule has 1 unspecified atom stereocenters. The normalized spacial score (nSPS) is 18.8. The third-order valence-electron chi connectivity index (χ3n) is 3.25. The van der Waals surface area contributed by atoms with Gasteiger partial charge in [0.25, 0.3) is 0 Å². The van der Waals surface area contributed by atoms with Crippen molar-refractivity contribution in [1.29, 1.82) is 0 Å². The summed E-state index contributed by atoms with van der Waals surface area (Å²) in [6.07, 6.45) is 2.65. The van der Waals surface area contributed by atoms with Crippen molar-refractivity contribution in [2.24, 2.45) is 0 Å². The van der Waals surface area contributed by atoms with E-state index in [-0.39, 0.29) is 23.1 Å². The molecule has 8 heteroatoms. The number of hydrogen-bond donors (Lipinski definition) is 2. The summed E-state index contributed by atoms with van der Waals surface area (Å²) >= 11 is 3.14. The molecule has 0 spiro atoms. The standard InChI is InChI=1S/C13H16BrNO5S/c14-11-4-3-9(13(16)17)8-12(11)21(18,19)15-6-5-10-2-1-7-20-10/h3-4,8,10,15H,1-2,5-7H2,(H,16,17). The maximum atomic E-state index is 12.2. The fraction of sp³-hybridized carbons (Fsp3) is 0.462. The Morgan fingerprint density at radius 1 is 1.48 bits per heavy atom. The molecule has 0 saturated carbocycles. The zero-order chi connectivity index (χ0) is 15.5. The number of benzene rings is 1. The van der Waals surface area contributed by atoms with E-state index in [9.17, 15) is 13.2 Å². The summed E-state index contributed by atoms with van der Waals surface area (Å²) in [7, 11) is -3.75. The van der Waals surface area contributed by atoms with Gasteiger partial charge >= 0.3 is 5.97 Å². The molecule has 2 rings (SSSR count). The second kappa shape index (κ2) is 6.87. The van der Waals surface area contributed by atoms with Gasteiger partial charge in [-0.15, -0.1) is 0 Å². The quantitative estimate of drug-likeness (QED) is 0.790. The minimum atomic E-state index is -3.75. The first-order valence-electron chi connectivity index (χ1n) is 6.54. The minimum absolute atomic E-state index is 0.0716. The van der Waals surface area contributed by atoms with E-state index in [1.807, 2.05) is 0 Å². The van der Waals surface area contributed by atoms with Crippen molar-refractivity contribution in [3.05, 3.63) is 28.2 Å².